The Morgan fingerprint density at radius 2 is 1.08 bits per heavy atom. The van der Waals surface area contributed by atoms with Crippen molar-refractivity contribution in [3.8, 4) is 0 Å². The van der Waals surface area contributed by atoms with Crippen LogP contribution >= 0.6 is 0 Å². The van der Waals surface area contributed by atoms with Gasteiger partial charge in [0.15, 0.2) is 0 Å². The van der Waals surface area contributed by atoms with E-state index in [0.717, 1.165) is 22.3 Å². The molecule has 0 aliphatic heterocycles. The predicted octanol–water partition coefficient (Wildman–Crippen LogP) is 3.50. The number of carboxylic acids is 1. The minimum absolute atomic E-state index is 0.101. The lowest BCUT2D eigenvalue weighted by atomic mass is 9.77. The van der Waals surface area contributed by atoms with E-state index >= 15 is 0 Å². The molecule has 4 aromatic carbocycles. The smallest absolute Gasteiger partial charge is 0.322 e. The van der Waals surface area contributed by atoms with Gasteiger partial charge in [-0.15, -0.1) is 0 Å². The maximum atomic E-state index is 13.4. The molecule has 0 fully saturated rings. The van der Waals surface area contributed by atoms with E-state index in [1.54, 1.807) is 0 Å². The molecule has 0 spiro atoms. The van der Waals surface area contributed by atoms with Crippen LogP contribution in [0.25, 0.3) is 0 Å². The SMILES string of the molecule is O=C(O)CNC(=O)[C@H](Cc1ccccc1)NC(=O)CNC(c1ccccc1)(c1ccccc1)c1ccccc1. The fourth-order valence-corrected chi connectivity index (χ4v) is 4.67. The van der Waals surface area contributed by atoms with Crippen LogP contribution < -0.4 is 16.0 Å². The molecule has 7 nitrogen and oxygen atoms in total. The molecule has 198 valence electrons. The van der Waals surface area contributed by atoms with Crippen LogP contribution in [0.5, 0.6) is 0 Å². The second kappa shape index (κ2) is 13.2. The number of aliphatic carboxylic acids is 1. The van der Waals surface area contributed by atoms with Gasteiger partial charge in [-0.3, -0.25) is 19.7 Å². The molecule has 7 heteroatoms. The number of hydrogen-bond donors (Lipinski definition) is 4. The molecule has 0 heterocycles. The highest BCUT2D eigenvalue weighted by atomic mass is 16.4. The zero-order chi connectivity index (χ0) is 27.5. The third kappa shape index (κ3) is 6.97. The molecule has 1 atom stereocenters. The second-order valence-electron chi connectivity index (χ2n) is 9.12. The number of nitrogens with one attached hydrogen (secondary N) is 3. The van der Waals surface area contributed by atoms with Crippen molar-refractivity contribution < 1.29 is 19.5 Å². The first-order valence-electron chi connectivity index (χ1n) is 12.7. The molecule has 0 aromatic heterocycles. The number of rotatable bonds is 12. The van der Waals surface area contributed by atoms with Crippen LogP contribution in [0.3, 0.4) is 0 Å². The van der Waals surface area contributed by atoms with Crippen LogP contribution in [-0.2, 0) is 26.3 Å². The Bertz CT molecular complexity index is 1270. The molecule has 4 aromatic rings. The summed E-state index contributed by atoms with van der Waals surface area (Å²) in [6.45, 7) is -0.631. The summed E-state index contributed by atoms with van der Waals surface area (Å²) in [5.41, 5.74) is 2.86. The molecule has 0 bridgehead atoms. The molecule has 0 aliphatic carbocycles. The lowest BCUT2D eigenvalue weighted by Crippen LogP contribution is -2.53. The fourth-order valence-electron chi connectivity index (χ4n) is 4.67. The van der Waals surface area contributed by atoms with Crippen LogP contribution in [0.2, 0.25) is 0 Å². The molecular formula is C32H31N3O4. The normalized spacial score (nSPS) is 11.8. The van der Waals surface area contributed by atoms with Crippen LogP contribution in [0.4, 0.5) is 0 Å². The fraction of sp³-hybridized carbons (Fsp3) is 0.156. The molecular weight excluding hydrogens is 490 g/mol. The van der Waals surface area contributed by atoms with Gasteiger partial charge in [-0.25, -0.2) is 0 Å². The van der Waals surface area contributed by atoms with Crippen molar-refractivity contribution >= 4 is 17.8 Å². The van der Waals surface area contributed by atoms with Crippen LogP contribution in [0, 0.1) is 0 Å². The van der Waals surface area contributed by atoms with Gasteiger partial charge >= 0.3 is 5.97 Å². The quantitative estimate of drug-likeness (QED) is 0.214. The van der Waals surface area contributed by atoms with E-state index in [2.05, 4.69) is 16.0 Å². The van der Waals surface area contributed by atoms with Gasteiger partial charge in [0.05, 0.1) is 12.1 Å². The highest BCUT2D eigenvalue weighted by Crippen LogP contribution is 2.36. The Labute approximate surface area is 227 Å². The molecule has 2 amide bonds. The van der Waals surface area contributed by atoms with Gasteiger partial charge < -0.3 is 15.7 Å². The Morgan fingerprint density at radius 1 is 0.641 bits per heavy atom. The lowest BCUT2D eigenvalue weighted by molar-refractivity contribution is -0.138. The van der Waals surface area contributed by atoms with Crippen molar-refractivity contribution in [3.63, 3.8) is 0 Å². The Balaban J connectivity index is 1.62. The van der Waals surface area contributed by atoms with E-state index in [-0.39, 0.29) is 13.0 Å². The number of carboxylic acid groups (broad SMARTS) is 1. The van der Waals surface area contributed by atoms with Gasteiger partial charge in [0.2, 0.25) is 11.8 Å². The van der Waals surface area contributed by atoms with E-state index in [9.17, 15) is 14.4 Å². The number of carbonyl (C=O) groups excluding carboxylic acids is 2. The number of amides is 2. The summed E-state index contributed by atoms with van der Waals surface area (Å²) in [7, 11) is 0. The molecule has 4 rings (SSSR count). The zero-order valence-corrected chi connectivity index (χ0v) is 21.4. The maximum Gasteiger partial charge on any atom is 0.322 e. The summed E-state index contributed by atoms with van der Waals surface area (Å²) >= 11 is 0. The van der Waals surface area contributed by atoms with E-state index in [0.29, 0.717) is 0 Å². The monoisotopic (exact) mass is 521 g/mol. The highest BCUT2D eigenvalue weighted by Gasteiger charge is 2.36. The summed E-state index contributed by atoms with van der Waals surface area (Å²) in [5.74, 6) is -2.11. The number of hydrogen-bond acceptors (Lipinski definition) is 4. The van der Waals surface area contributed by atoms with Crippen molar-refractivity contribution in [1.29, 1.82) is 0 Å². The van der Waals surface area contributed by atoms with Gasteiger partial charge in [0.1, 0.15) is 12.6 Å². The maximum absolute atomic E-state index is 13.4. The summed E-state index contributed by atoms with van der Waals surface area (Å²) in [5, 5.41) is 17.7. The van der Waals surface area contributed by atoms with Crippen molar-refractivity contribution in [1.82, 2.24) is 16.0 Å². The third-order valence-corrected chi connectivity index (χ3v) is 6.48. The van der Waals surface area contributed by atoms with Crippen molar-refractivity contribution in [2.24, 2.45) is 0 Å². The Hall–Kier alpha value is -4.75. The number of benzene rings is 4. The van der Waals surface area contributed by atoms with E-state index in [4.69, 9.17) is 5.11 Å². The summed E-state index contributed by atoms with van der Waals surface area (Å²) in [6, 6.07) is 38.0. The molecule has 0 aliphatic rings. The average molecular weight is 522 g/mol. The standard InChI is InChI=1S/C32H31N3O4/c36-29(35-28(31(39)33-23-30(37)38)21-24-13-5-1-6-14-24)22-34-32(25-15-7-2-8-16-25,26-17-9-3-10-18-26)27-19-11-4-12-20-27/h1-20,28,34H,21-23H2,(H,33,39)(H,35,36)(H,37,38)/t28-/m0/s1. The molecule has 0 saturated carbocycles. The topological polar surface area (TPSA) is 108 Å². The van der Waals surface area contributed by atoms with Crippen molar-refractivity contribution in [2.45, 2.75) is 18.0 Å². The largest absolute Gasteiger partial charge is 0.480 e. The minimum atomic E-state index is -1.16. The van der Waals surface area contributed by atoms with Gasteiger partial charge in [-0.05, 0) is 22.3 Å². The third-order valence-electron chi connectivity index (χ3n) is 6.48. The molecule has 0 saturated heterocycles. The average Bonchev–Trinajstić information content (AvgIpc) is 2.98. The lowest BCUT2D eigenvalue weighted by Gasteiger charge is -2.37. The highest BCUT2D eigenvalue weighted by molar-refractivity contribution is 5.90. The van der Waals surface area contributed by atoms with Gasteiger partial charge in [-0.2, -0.15) is 0 Å². The first-order chi connectivity index (χ1) is 19.0. The van der Waals surface area contributed by atoms with Crippen LogP contribution in [0.1, 0.15) is 22.3 Å². The molecule has 0 unspecified atom stereocenters. The van der Waals surface area contributed by atoms with Gasteiger partial charge in [0.25, 0.3) is 0 Å². The Morgan fingerprint density at radius 3 is 1.51 bits per heavy atom. The van der Waals surface area contributed by atoms with Crippen molar-refractivity contribution in [3.05, 3.63) is 144 Å². The van der Waals surface area contributed by atoms with E-state index in [1.165, 1.54) is 0 Å². The summed E-state index contributed by atoms with van der Waals surface area (Å²) in [6.07, 6.45) is 0.221. The summed E-state index contributed by atoms with van der Waals surface area (Å²) in [4.78, 5) is 37.2. The van der Waals surface area contributed by atoms with Crippen LogP contribution in [0.15, 0.2) is 121 Å². The van der Waals surface area contributed by atoms with Crippen molar-refractivity contribution in [2.75, 3.05) is 13.1 Å². The zero-order valence-electron chi connectivity index (χ0n) is 21.4. The molecule has 4 N–H and O–H groups in total. The predicted molar refractivity (Wildman–Crippen MR) is 150 cm³/mol. The molecule has 0 radical (unpaired) electrons. The Kier molecular flexibility index (Phi) is 9.21. The number of carbonyl (C=O) groups is 3. The van der Waals surface area contributed by atoms with Gasteiger partial charge in [0, 0.05) is 6.42 Å². The first kappa shape index (κ1) is 27.3. The van der Waals surface area contributed by atoms with E-state index < -0.39 is 35.9 Å². The minimum Gasteiger partial charge on any atom is -0.480 e. The van der Waals surface area contributed by atoms with Crippen LogP contribution in [-0.4, -0.2) is 42.0 Å². The first-order valence-corrected chi connectivity index (χ1v) is 12.7. The molecule has 39 heavy (non-hydrogen) atoms. The second-order valence-corrected chi connectivity index (χ2v) is 9.12. The van der Waals surface area contributed by atoms with E-state index in [1.807, 2.05) is 121 Å². The van der Waals surface area contributed by atoms with Gasteiger partial charge in [-0.1, -0.05) is 121 Å². The summed E-state index contributed by atoms with van der Waals surface area (Å²) < 4.78 is 0.